The summed E-state index contributed by atoms with van der Waals surface area (Å²) in [6.45, 7) is 2.39. The van der Waals surface area contributed by atoms with E-state index in [0.29, 0.717) is 13.0 Å². The highest BCUT2D eigenvalue weighted by molar-refractivity contribution is 5.27. The summed E-state index contributed by atoms with van der Waals surface area (Å²) < 4.78 is 5.34. The highest BCUT2D eigenvalue weighted by Gasteiger charge is 1.93. The highest BCUT2D eigenvalue weighted by Crippen LogP contribution is 2.11. The van der Waals surface area contributed by atoms with Gasteiger partial charge in [0.25, 0.3) is 0 Å². The molecule has 0 aromatic heterocycles. The molecule has 2 heteroatoms. The van der Waals surface area contributed by atoms with Crippen LogP contribution in [0.15, 0.2) is 24.3 Å². The zero-order chi connectivity index (χ0) is 10.2. The fourth-order valence-corrected chi connectivity index (χ4v) is 1.07. The van der Waals surface area contributed by atoms with Crippen molar-refractivity contribution in [3.63, 3.8) is 0 Å². The maximum absolute atomic E-state index is 8.71. The second-order valence-electron chi connectivity index (χ2n) is 2.83. The number of aliphatic hydroxyl groups is 1. The normalized spacial score (nSPS) is 9.00. The van der Waals surface area contributed by atoms with Crippen molar-refractivity contribution in [2.24, 2.45) is 0 Å². The van der Waals surface area contributed by atoms with Gasteiger partial charge < -0.3 is 9.84 Å². The van der Waals surface area contributed by atoms with Gasteiger partial charge >= 0.3 is 0 Å². The second kappa shape index (κ2) is 6.06. The Balaban J connectivity index is 2.49. The number of benzene rings is 1. The van der Waals surface area contributed by atoms with Crippen LogP contribution in [0.25, 0.3) is 0 Å². The molecule has 1 N–H and O–H groups in total. The van der Waals surface area contributed by atoms with Gasteiger partial charge in [-0.1, -0.05) is 18.1 Å². The van der Waals surface area contributed by atoms with Crippen molar-refractivity contribution in [1.29, 1.82) is 0 Å². The summed E-state index contributed by atoms with van der Waals surface area (Å²) in [5.41, 5.74) is 1.11. The predicted octanol–water partition coefficient (Wildman–Crippen LogP) is 1.62. The lowest BCUT2D eigenvalue weighted by Crippen LogP contribution is -1.94. The SMILES string of the molecule is CC#CCOc1ccc(CCO)cc1. The van der Waals surface area contributed by atoms with Crippen LogP contribution >= 0.6 is 0 Å². The zero-order valence-electron chi connectivity index (χ0n) is 8.29. The standard InChI is InChI=1S/C12H14O2/c1-2-3-10-14-12-6-4-11(5-7-12)8-9-13/h4-7,13H,8-10H2,1H3. The predicted molar refractivity (Wildman–Crippen MR) is 56.2 cm³/mol. The van der Waals surface area contributed by atoms with E-state index < -0.39 is 0 Å². The Morgan fingerprint density at radius 3 is 2.57 bits per heavy atom. The van der Waals surface area contributed by atoms with E-state index >= 15 is 0 Å². The Morgan fingerprint density at radius 1 is 1.29 bits per heavy atom. The monoisotopic (exact) mass is 190 g/mol. The van der Waals surface area contributed by atoms with Gasteiger partial charge in [-0.3, -0.25) is 0 Å². The molecule has 0 radical (unpaired) electrons. The van der Waals surface area contributed by atoms with Crippen molar-refractivity contribution in [1.82, 2.24) is 0 Å². The van der Waals surface area contributed by atoms with Crippen molar-refractivity contribution in [2.45, 2.75) is 13.3 Å². The van der Waals surface area contributed by atoms with Crippen LogP contribution in [0, 0.1) is 11.8 Å². The molecule has 0 amide bonds. The average Bonchev–Trinajstić information content (AvgIpc) is 2.21. The molecule has 0 heterocycles. The first-order valence-electron chi connectivity index (χ1n) is 4.59. The molecular formula is C12H14O2. The van der Waals surface area contributed by atoms with Crippen molar-refractivity contribution in [2.75, 3.05) is 13.2 Å². The van der Waals surface area contributed by atoms with Gasteiger partial charge in [-0.15, -0.1) is 5.92 Å². The summed E-state index contributed by atoms with van der Waals surface area (Å²) in [5, 5.41) is 8.71. The Morgan fingerprint density at radius 2 is 2.00 bits per heavy atom. The van der Waals surface area contributed by atoms with Gasteiger partial charge in [-0.05, 0) is 31.0 Å². The van der Waals surface area contributed by atoms with E-state index in [4.69, 9.17) is 9.84 Å². The van der Waals surface area contributed by atoms with E-state index in [9.17, 15) is 0 Å². The quantitative estimate of drug-likeness (QED) is 0.731. The third-order valence-electron chi connectivity index (χ3n) is 1.81. The number of hydrogen-bond donors (Lipinski definition) is 1. The summed E-state index contributed by atoms with van der Waals surface area (Å²) in [6.07, 6.45) is 0.690. The fraction of sp³-hybridized carbons (Fsp3) is 0.333. The van der Waals surface area contributed by atoms with Crippen LogP contribution in [0.2, 0.25) is 0 Å². The molecule has 0 aliphatic rings. The molecule has 0 saturated carbocycles. The summed E-state index contributed by atoms with van der Waals surface area (Å²) in [5.74, 6) is 6.40. The number of rotatable bonds is 4. The molecule has 0 atom stereocenters. The second-order valence-corrected chi connectivity index (χ2v) is 2.83. The van der Waals surface area contributed by atoms with E-state index in [1.807, 2.05) is 24.3 Å². The van der Waals surface area contributed by atoms with E-state index in [0.717, 1.165) is 11.3 Å². The average molecular weight is 190 g/mol. The first-order chi connectivity index (χ1) is 6.86. The van der Waals surface area contributed by atoms with Crippen LogP contribution < -0.4 is 4.74 Å². The first kappa shape index (κ1) is 10.6. The lowest BCUT2D eigenvalue weighted by Gasteiger charge is -2.03. The lowest BCUT2D eigenvalue weighted by molar-refractivity contribution is 0.299. The van der Waals surface area contributed by atoms with Gasteiger partial charge in [0.1, 0.15) is 12.4 Å². The minimum atomic E-state index is 0.182. The molecule has 1 aromatic carbocycles. The van der Waals surface area contributed by atoms with Gasteiger partial charge in [-0.25, -0.2) is 0 Å². The van der Waals surface area contributed by atoms with Gasteiger partial charge in [0.2, 0.25) is 0 Å². The van der Waals surface area contributed by atoms with Crippen LogP contribution in [0.5, 0.6) is 5.75 Å². The minimum Gasteiger partial charge on any atom is -0.481 e. The number of hydrogen-bond acceptors (Lipinski definition) is 2. The van der Waals surface area contributed by atoms with Crippen LogP contribution in [0.1, 0.15) is 12.5 Å². The van der Waals surface area contributed by atoms with Crippen molar-refractivity contribution in [3.05, 3.63) is 29.8 Å². The van der Waals surface area contributed by atoms with Crippen molar-refractivity contribution >= 4 is 0 Å². The molecule has 74 valence electrons. The topological polar surface area (TPSA) is 29.5 Å². The molecule has 0 unspecified atom stereocenters. The molecule has 0 fully saturated rings. The third kappa shape index (κ3) is 3.51. The molecule has 0 aliphatic carbocycles. The van der Waals surface area contributed by atoms with Crippen molar-refractivity contribution in [3.8, 4) is 17.6 Å². The third-order valence-corrected chi connectivity index (χ3v) is 1.81. The largest absolute Gasteiger partial charge is 0.481 e. The van der Waals surface area contributed by atoms with Gasteiger partial charge in [-0.2, -0.15) is 0 Å². The summed E-state index contributed by atoms with van der Waals surface area (Å²) in [4.78, 5) is 0. The smallest absolute Gasteiger partial charge is 0.149 e. The lowest BCUT2D eigenvalue weighted by atomic mass is 10.1. The molecule has 0 bridgehead atoms. The summed E-state index contributed by atoms with van der Waals surface area (Å²) in [6, 6.07) is 7.68. The molecule has 0 spiro atoms. The first-order valence-corrected chi connectivity index (χ1v) is 4.59. The molecule has 0 aliphatic heterocycles. The summed E-state index contributed by atoms with van der Waals surface area (Å²) in [7, 11) is 0. The molecule has 1 rings (SSSR count). The van der Waals surface area contributed by atoms with Crippen molar-refractivity contribution < 1.29 is 9.84 Å². The van der Waals surface area contributed by atoms with E-state index in [1.165, 1.54) is 0 Å². The van der Waals surface area contributed by atoms with E-state index in [1.54, 1.807) is 6.92 Å². The molecule has 1 aromatic rings. The molecule has 14 heavy (non-hydrogen) atoms. The molecule has 2 nitrogen and oxygen atoms in total. The summed E-state index contributed by atoms with van der Waals surface area (Å²) >= 11 is 0. The highest BCUT2D eigenvalue weighted by atomic mass is 16.5. The molecule has 0 saturated heterocycles. The van der Waals surface area contributed by atoms with Crippen LogP contribution in [0.3, 0.4) is 0 Å². The maximum Gasteiger partial charge on any atom is 0.149 e. The molecular weight excluding hydrogens is 176 g/mol. The van der Waals surface area contributed by atoms with Gasteiger partial charge in [0.15, 0.2) is 0 Å². The Labute approximate surface area is 84.5 Å². The zero-order valence-corrected chi connectivity index (χ0v) is 8.29. The Bertz CT molecular complexity index is 316. The van der Waals surface area contributed by atoms with E-state index in [2.05, 4.69) is 11.8 Å². The van der Waals surface area contributed by atoms with Crippen LogP contribution in [-0.2, 0) is 6.42 Å². The number of ether oxygens (including phenoxy) is 1. The number of aliphatic hydroxyl groups excluding tert-OH is 1. The van der Waals surface area contributed by atoms with Gasteiger partial charge in [0, 0.05) is 6.61 Å². The minimum absolute atomic E-state index is 0.182. The van der Waals surface area contributed by atoms with Gasteiger partial charge in [0.05, 0.1) is 0 Å². The Kier molecular flexibility index (Phi) is 4.60. The Hall–Kier alpha value is -1.46. The van der Waals surface area contributed by atoms with Crippen LogP contribution in [0.4, 0.5) is 0 Å². The van der Waals surface area contributed by atoms with Crippen LogP contribution in [-0.4, -0.2) is 18.3 Å². The fourth-order valence-electron chi connectivity index (χ4n) is 1.07. The maximum atomic E-state index is 8.71. The van der Waals surface area contributed by atoms with E-state index in [-0.39, 0.29) is 6.61 Å².